The Hall–Kier alpha value is -0.830. The smallest absolute Gasteiger partial charge is 0.109 e. The van der Waals surface area contributed by atoms with Crippen LogP contribution in [0.5, 0.6) is 0 Å². The molecule has 1 aromatic heterocycles. The number of rotatable bonds is 4. The molecule has 0 radical (unpaired) electrons. The van der Waals surface area contributed by atoms with Crippen LogP contribution in [0.4, 0.5) is 0 Å². The second-order valence-electron chi connectivity index (χ2n) is 5.13. The van der Waals surface area contributed by atoms with Gasteiger partial charge in [0.25, 0.3) is 0 Å². The van der Waals surface area contributed by atoms with Gasteiger partial charge in [-0.05, 0) is 12.0 Å². The van der Waals surface area contributed by atoms with Gasteiger partial charge < -0.3 is 9.88 Å². The zero-order valence-corrected chi connectivity index (χ0v) is 10.5. The fourth-order valence-corrected chi connectivity index (χ4v) is 1.71. The van der Waals surface area contributed by atoms with Crippen LogP contribution in [0.15, 0.2) is 12.4 Å². The molecule has 3 nitrogen and oxygen atoms in total. The van der Waals surface area contributed by atoms with Crippen molar-refractivity contribution in [3.05, 3.63) is 18.2 Å². The molecule has 15 heavy (non-hydrogen) atoms. The van der Waals surface area contributed by atoms with Gasteiger partial charge in [0.2, 0.25) is 0 Å². The predicted molar refractivity (Wildman–Crippen MR) is 63.8 cm³/mol. The van der Waals surface area contributed by atoms with Crippen molar-refractivity contribution < 1.29 is 0 Å². The van der Waals surface area contributed by atoms with Gasteiger partial charge in [0.1, 0.15) is 5.82 Å². The van der Waals surface area contributed by atoms with E-state index in [1.807, 2.05) is 19.4 Å². The van der Waals surface area contributed by atoms with Gasteiger partial charge in [0.15, 0.2) is 0 Å². The Balaban J connectivity index is 2.71. The Morgan fingerprint density at radius 3 is 2.53 bits per heavy atom. The van der Waals surface area contributed by atoms with Gasteiger partial charge in [-0.2, -0.15) is 0 Å². The van der Waals surface area contributed by atoms with Crippen molar-refractivity contribution >= 4 is 0 Å². The fraction of sp³-hybridized carbons (Fsp3) is 0.750. The predicted octanol–water partition coefficient (Wildman–Crippen LogP) is 1.99. The van der Waals surface area contributed by atoms with E-state index in [1.54, 1.807) is 0 Å². The van der Waals surface area contributed by atoms with Gasteiger partial charge >= 0.3 is 0 Å². The Labute approximate surface area is 92.9 Å². The van der Waals surface area contributed by atoms with Gasteiger partial charge in [-0.25, -0.2) is 4.98 Å². The number of nitrogens with zero attached hydrogens (tertiary/aromatic N) is 2. The minimum Gasteiger partial charge on any atom is -0.338 e. The molecule has 1 unspecified atom stereocenters. The van der Waals surface area contributed by atoms with E-state index < -0.39 is 0 Å². The van der Waals surface area contributed by atoms with E-state index in [4.69, 9.17) is 0 Å². The summed E-state index contributed by atoms with van der Waals surface area (Å²) in [6.07, 6.45) is 4.85. The third-order valence-electron chi connectivity index (χ3n) is 2.80. The van der Waals surface area contributed by atoms with E-state index in [9.17, 15) is 0 Å². The van der Waals surface area contributed by atoms with Crippen LogP contribution in [0.2, 0.25) is 0 Å². The van der Waals surface area contributed by atoms with E-state index in [-0.39, 0.29) is 5.41 Å². The van der Waals surface area contributed by atoms with Crippen LogP contribution in [0.3, 0.4) is 0 Å². The second kappa shape index (κ2) is 4.79. The van der Waals surface area contributed by atoms with Crippen molar-refractivity contribution in [2.75, 3.05) is 6.54 Å². The summed E-state index contributed by atoms with van der Waals surface area (Å²) in [6, 6.07) is 0.476. The van der Waals surface area contributed by atoms with Crippen LogP contribution in [0.1, 0.15) is 33.5 Å². The molecule has 1 rings (SSSR count). The van der Waals surface area contributed by atoms with Crippen molar-refractivity contribution in [1.82, 2.24) is 14.9 Å². The summed E-state index contributed by atoms with van der Waals surface area (Å²) in [5.74, 6) is 1.15. The molecule has 1 atom stereocenters. The summed E-state index contributed by atoms with van der Waals surface area (Å²) in [5.41, 5.74) is 0.266. The molecule has 0 saturated heterocycles. The highest BCUT2D eigenvalue weighted by molar-refractivity contribution is 4.97. The Kier molecular flexibility index (Phi) is 3.91. The lowest BCUT2D eigenvalue weighted by Crippen LogP contribution is -2.42. The van der Waals surface area contributed by atoms with Gasteiger partial charge in [-0.3, -0.25) is 0 Å². The van der Waals surface area contributed by atoms with E-state index in [1.165, 1.54) is 0 Å². The molecule has 1 N–H and O–H groups in total. The quantitative estimate of drug-likeness (QED) is 0.822. The first-order valence-electron chi connectivity index (χ1n) is 5.64. The molecule has 1 aromatic rings. The number of aryl methyl sites for hydroxylation is 1. The largest absolute Gasteiger partial charge is 0.338 e. The molecule has 0 spiro atoms. The highest BCUT2D eigenvalue weighted by Gasteiger charge is 2.24. The van der Waals surface area contributed by atoms with E-state index in [0.29, 0.717) is 6.04 Å². The van der Waals surface area contributed by atoms with Gasteiger partial charge in [-0.15, -0.1) is 0 Å². The first-order valence-corrected chi connectivity index (χ1v) is 5.64. The molecule has 0 aliphatic rings. The Bertz CT molecular complexity index is 296. The minimum absolute atomic E-state index is 0.266. The first kappa shape index (κ1) is 12.2. The zero-order chi connectivity index (χ0) is 11.5. The molecule has 0 saturated carbocycles. The van der Waals surface area contributed by atoms with Gasteiger partial charge in [0, 0.05) is 31.9 Å². The van der Waals surface area contributed by atoms with Crippen LogP contribution < -0.4 is 5.32 Å². The maximum absolute atomic E-state index is 4.37. The highest BCUT2D eigenvalue weighted by Crippen LogP contribution is 2.21. The van der Waals surface area contributed by atoms with Crippen LogP contribution in [0, 0.1) is 5.41 Å². The summed E-state index contributed by atoms with van der Waals surface area (Å²) >= 11 is 0. The third-order valence-corrected chi connectivity index (χ3v) is 2.80. The van der Waals surface area contributed by atoms with Crippen molar-refractivity contribution in [3.8, 4) is 0 Å². The molecule has 0 aliphatic carbocycles. The van der Waals surface area contributed by atoms with Crippen LogP contribution in [-0.4, -0.2) is 22.1 Å². The maximum Gasteiger partial charge on any atom is 0.109 e. The summed E-state index contributed by atoms with van der Waals surface area (Å²) in [5, 5.41) is 3.53. The zero-order valence-electron chi connectivity index (χ0n) is 10.5. The molecule has 0 aliphatic heterocycles. The van der Waals surface area contributed by atoms with E-state index >= 15 is 0 Å². The van der Waals surface area contributed by atoms with E-state index in [2.05, 4.69) is 42.6 Å². The minimum atomic E-state index is 0.266. The maximum atomic E-state index is 4.37. The highest BCUT2D eigenvalue weighted by atomic mass is 15.0. The molecule has 86 valence electrons. The topological polar surface area (TPSA) is 29.9 Å². The number of hydrogen-bond acceptors (Lipinski definition) is 2. The van der Waals surface area contributed by atoms with Gasteiger partial charge in [0.05, 0.1) is 0 Å². The number of nitrogens with one attached hydrogen (secondary N) is 1. The van der Waals surface area contributed by atoms with Crippen molar-refractivity contribution in [3.63, 3.8) is 0 Å². The lowest BCUT2D eigenvalue weighted by molar-refractivity contribution is 0.265. The van der Waals surface area contributed by atoms with Crippen molar-refractivity contribution in [2.45, 2.75) is 40.2 Å². The van der Waals surface area contributed by atoms with Crippen LogP contribution >= 0.6 is 0 Å². The molecule has 0 bridgehead atoms. The Morgan fingerprint density at radius 2 is 2.13 bits per heavy atom. The lowest BCUT2D eigenvalue weighted by Gasteiger charge is -2.31. The average Bonchev–Trinajstić information content (AvgIpc) is 2.49. The first-order chi connectivity index (χ1) is 6.95. The summed E-state index contributed by atoms with van der Waals surface area (Å²) < 4.78 is 2.09. The van der Waals surface area contributed by atoms with Crippen LogP contribution in [-0.2, 0) is 13.5 Å². The van der Waals surface area contributed by atoms with Crippen LogP contribution in [0.25, 0.3) is 0 Å². The molecule has 0 amide bonds. The standard InChI is InChI=1S/C12H23N3/c1-6-13-10(12(2,3)4)9-11-14-7-8-15(11)5/h7-8,10,13H,6,9H2,1-5H3. The Morgan fingerprint density at radius 1 is 1.47 bits per heavy atom. The third kappa shape index (κ3) is 3.34. The number of hydrogen-bond donors (Lipinski definition) is 1. The van der Waals surface area contributed by atoms with E-state index in [0.717, 1.165) is 18.8 Å². The monoisotopic (exact) mass is 209 g/mol. The lowest BCUT2D eigenvalue weighted by atomic mass is 9.84. The van der Waals surface area contributed by atoms with Gasteiger partial charge in [-0.1, -0.05) is 27.7 Å². The molecule has 1 heterocycles. The molecular formula is C12H23N3. The molecule has 0 aromatic carbocycles. The number of imidazole rings is 1. The normalized spacial score (nSPS) is 14.2. The SMILES string of the molecule is CCNC(Cc1nccn1C)C(C)(C)C. The summed E-state index contributed by atoms with van der Waals surface area (Å²) in [6.45, 7) is 9.96. The summed E-state index contributed by atoms with van der Waals surface area (Å²) in [4.78, 5) is 4.37. The fourth-order valence-electron chi connectivity index (χ4n) is 1.71. The molecule has 0 fully saturated rings. The van der Waals surface area contributed by atoms with Crippen molar-refractivity contribution in [2.24, 2.45) is 12.5 Å². The molecule has 3 heteroatoms. The second-order valence-corrected chi connectivity index (χ2v) is 5.13. The number of likely N-dealkylation sites (N-methyl/N-ethyl adjacent to an activating group) is 1. The molecular weight excluding hydrogens is 186 g/mol. The number of aromatic nitrogens is 2. The van der Waals surface area contributed by atoms with Crippen molar-refractivity contribution in [1.29, 1.82) is 0 Å². The average molecular weight is 209 g/mol. The summed E-state index contributed by atoms with van der Waals surface area (Å²) in [7, 11) is 2.05.